The Bertz CT molecular complexity index is 691. The third-order valence-electron chi connectivity index (χ3n) is 3.19. The molecule has 2 aromatic carbocycles. The van der Waals surface area contributed by atoms with Crippen LogP contribution in [0.4, 0.5) is 5.69 Å². The van der Waals surface area contributed by atoms with Crippen LogP contribution in [0.25, 0.3) is 0 Å². The molecule has 0 aliphatic heterocycles. The van der Waals surface area contributed by atoms with Crippen molar-refractivity contribution in [2.45, 2.75) is 19.4 Å². The molecule has 23 heavy (non-hydrogen) atoms. The summed E-state index contributed by atoms with van der Waals surface area (Å²) in [5.74, 6) is 0.830. The second-order valence-corrected chi connectivity index (χ2v) is 5.60. The Kier molecular flexibility index (Phi) is 6.13. The van der Waals surface area contributed by atoms with Crippen molar-refractivity contribution in [3.05, 3.63) is 52.5 Å². The first kappa shape index (κ1) is 17.4. The Hall–Kier alpha value is -1.91. The second-order valence-electron chi connectivity index (χ2n) is 4.78. The van der Waals surface area contributed by atoms with Crippen molar-refractivity contribution in [1.82, 2.24) is 0 Å². The van der Waals surface area contributed by atoms with Crippen LogP contribution in [0, 0.1) is 0 Å². The molecule has 0 spiro atoms. The third-order valence-corrected chi connectivity index (χ3v) is 3.93. The van der Waals surface area contributed by atoms with Gasteiger partial charge in [-0.25, -0.2) is 0 Å². The zero-order chi connectivity index (χ0) is 16.8. The molecule has 0 fully saturated rings. The topological polar surface area (TPSA) is 47.6 Å². The normalized spacial score (nSPS) is 11.7. The number of halogens is 2. The zero-order valence-corrected chi connectivity index (χ0v) is 14.3. The lowest BCUT2D eigenvalue weighted by atomic mass is 10.2. The average molecular weight is 354 g/mol. The van der Waals surface area contributed by atoms with Crippen molar-refractivity contribution in [2.24, 2.45) is 0 Å². The van der Waals surface area contributed by atoms with Gasteiger partial charge in [0.1, 0.15) is 0 Å². The smallest absolute Gasteiger partial charge is 0.265 e. The number of para-hydroxylation sites is 2. The van der Waals surface area contributed by atoms with E-state index in [0.29, 0.717) is 33.7 Å². The number of carbonyl (C=O) groups excluding carboxylic acids is 1. The van der Waals surface area contributed by atoms with E-state index in [1.54, 1.807) is 37.4 Å². The van der Waals surface area contributed by atoms with Crippen LogP contribution in [-0.2, 0) is 4.79 Å². The van der Waals surface area contributed by atoms with Crippen molar-refractivity contribution < 1.29 is 14.3 Å². The summed E-state index contributed by atoms with van der Waals surface area (Å²) in [6, 6.07) is 12.1. The predicted molar refractivity (Wildman–Crippen MR) is 92.8 cm³/mol. The SMILES string of the molecule is CCC(Oc1ccccc1OC)C(=O)Nc1ccc(Cl)c(Cl)c1. The number of benzene rings is 2. The number of amides is 1. The highest BCUT2D eigenvalue weighted by Gasteiger charge is 2.20. The largest absolute Gasteiger partial charge is 0.493 e. The van der Waals surface area contributed by atoms with Gasteiger partial charge in [-0.3, -0.25) is 4.79 Å². The third kappa shape index (κ3) is 4.53. The fourth-order valence-corrected chi connectivity index (χ4v) is 2.29. The molecule has 0 heterocycles. The summed E-state index contributed by atoms with van der Waals surface area (Å²) in [5, 5.41) is 3.58. The van der Waals surface area contributed by atoms with Crippen molar-refractivity contribution in [2.75, 3.05) is 12.4 Å². The number of methoxy groups -OCH3 is 1. The Morgan fingerprint density at radius 3 is 2.43 bits per heavy atom. The van der Waals surface area contributed by atoms with Crippen LogP contribution in [0.1, 0.15) is 13.3 Å². The highest BCUT2D eigenvalue weighted by Crippen LogP contribution is 2.28. The van der Waals surface area contributed by atoms with Gasteiger partial charge in [0.25, 0.3) is 5.91 Å². The molecule has 0 aromatic heterocycles. The molecule has 0 aliphatic carbocycles. The number of ether oxygens (including phenoxy) is 2. The number of rotatable bonds is 6. The Morgan fingerprint density at radius 2 is 1.83 bits per heavy atom. The van der Waals surface area contributed by atoms with Gasteiger partial charge in [0.15, 0.2) is 17.6 Å². The molecule has 0 bridgehead atoms. The van der Waals surface area contributed by atoms with E-state index in [1.165, 1.54) is 0 Å². The predicted octanol–water partition coefficient (Wildman–Crippen LogP) is 4.80. The quantitative estimate of drug-likeness (QED) is 0.811. The highest BCUT2D eigenvalue weighted by atomic mass is 35.5. The highest BCUT2D eigenvalue weighted by molar-refractivity contribution is 6.42. The molecule has 0 saturated heterocycles. The van der Waals surface area contributed by atoms with Gasteiger partial charge in [-0.15, -0.1) is 0 Å². The summed E-state index contributed by atoms with van der Waals surface area (Å²) in [4.78, 5) is 12.4. The maximum atomic E-state index is 12.4. The summed E-state index contributed by atoms with van der Waals surface area (Å²) in [6.07, 6.45) is -0.147. The summed E-state index contributed by atoms with van der Waals surface area (Å²) >= 11 is 11.8. The van der Waals surface area contributed by atoms with Gasteiger partial charge in [0.05, 0.1) is 17.2 Å². The van der Waals surface area contributed by atoms with Gasteiger partial charge >= 0.3 is 0 Å². The van der Waals surface area contributed by atoms with Gasteiger partial charge in [-0.2, -0.15) is 0 Å². The minimum absolute atomic E-state index is 0.267. The fourth-order valence-electron chi connectivity index (χ4n) is 1.99. The molecular weight excluding hydrogens is 337 g/mol. The van der Waals surface area contributed by atoms with Gasteiger partial charge in [-0.1, -0.05) is 42.3 Å². The monoisotopic (exact) mass is 353 g/mol. The van der Waals surface area contributed by atoms with Crippen LogP contribution in [0.15, 0.2) is 42.5 Å². The van der Waals surface area contributed by atoms with E-state index in [2.05, 4.69) is 5.32 Å². The van der Waals surface area contributed by atoms with Crippen LogP contribution in [0.5, 0.6) is 11.5 Å². The number of carbonyl (C=O) groups is 1. The first-order chi connectivity index (χ1) is 11.0. The van der Waals surface area contributed by atoms with Crippen LogP contribution >= 0.6 is 23.2 Å². The van der Waals surface area contributed by atoms with Gasteiger partial charge in [-0.05, 0) is 36.8 Å². The molecule has 1 unspecified atom stereocenters. The first-order valence-electron chi connectivity index (χ1n) is 7.10. The summed E-state index contributed by atoms with van der Waals surface area (Å²) in [6.45, 7) is 1.87. The minimum atomic E-state index is -0.652. The Morgan fingerprint density at radius 1 is 1.13 bits per heavy atom. The molecule has 0 saturated carbocycles. The molecule has 1 amide bonds. The molecule has 1 N–H and O–H groups in total. The number of hydrogen-bond donors (Lipinski definition) is 1. The molecule has 122 valence electrons. The van der Waals surface area contributed by atoms with E-state index in [-0.39, 0.29) is 5.91 Å². The maximum Gasteiger partial charge on any atom is 0.265 e. The van der Waals surface area contributed by atoms with E-state index >= 15 is 0 Å². The molecular formula is C17H17Cl2NO3. The average Bonchev–Trinajstić information content (AvgIpc) is 2.56. The first-order valence-corrected chi connectivity index (χ1v) is 7.86. The molecule has 0 radical (unpaired) electrons. The van der Waals surface area contributed by atoms with Crippen molar-refractivity contribution >= 4 is 34.8 Å². The van der Waals surface area contributed by atoms with E-state index in [4.69, 9.17) is 32.7 Å². The summed E-state index contributed by atoms with van der Waals surface area (Å²) < 4.78 is 11.0. The van der Waals surface area contributed by atoms with Gasteiger partial charge in [0.2, 0.25) is 0 Å². The second kappa shape index (κ2) is 8.09. The van der Waals surface area contributed by atoms with Gasteiger partial charge < -0.3 is 14.8 Å². The zero-order valence-electron chi connectivity index (χ0n) is 12.8. The molecule has 2 aromatic rings. The molecule has 6 heteroatoms. The Balaban J connectivity index is 2.10. The lowest BCUT2D eigenvalue weighted by Gasteiger charge is -2.19. The molecule has 2 rings (SSSR count). The molecule has 0 aliphatic rings. The van der Waals surface area contributed by atoms with Gasteiger partial charge in [0, 0.05) is 5.69 Å². The lowest BCUT2D eigenvalue weighted by molar-refractivity contribution is -0.122. The van der Waals surface area contributed by atoms with E-state index < -0.39 is 6.10 Å². The Labute approximate surface area is 145 Å². The molecule has 4 nitrogen and oxygen atoms in total. The lowest BCUT2D eigenvalue weighted by Crippen LogP contribution is -2.32. The van der Waals surface area contributed by atoms with Crippen LogP contribution < -0.4 is 14.8 Å². The minimum Gasteiger partial charge on any atom is -0.493 e. The van der Waals surface area contributed by atoms with Crippen molar-refractivity contribution in [3.8, 4) is 11.5 Å². The number of hydrogen-bond acceptors (Lipinski definition) is 3. The summed E-state index contributed by atoms with van der Waals surface area (Å²) in [5.41, 5.74) is 0.562. The standard InChI is InChI=1S/C17H17Cl2NO3/c1-3-14(23-16-7-5-4-6-15(16)22-2)17(21)20-11-8-9-12(18)13(19)10-11/h4-10,14H,3H2,1-2H3,(H,20,21). The van der Waals surface area contributed by atoms with Crippen molar-refractivity contribution in [3.63, 3.8) is 0 Å². The van der Waals surface area contributed by atoms with E-state index in [0.717, 1.165) is 0 Å². The van der Waals surface area contributed by atoms with Crippen molar-refractivity contribution in [1.29, 1.82) is 0 Å². The van der Waals surface area contributed by atoms with Crippen LogP contribution in [0.2, 0.25) is 10.0 Å². The maximum absolute atomic E-state index is 12.4. The molecule has 1 atom stereocenters. The summed E-state index contributed by atoms with van der Waals surface area (Å²) in [7, 11) is 1.55. The van der Waals surface area contributed by atoms with Crippen LogP contribution in [-0.4, -0.2) is 19.1 Å². The number of nitrogens with one attached hydrogen (secondary N) is 1. The van der Waals surface area contributed by atoms with E-state index in [9.17, 15) is 4.79 Å². The van der Waals surface area contributed by atoms with E-state index in [1.807, 2.05) is 19.1 Å². The fraction of sp³-hybridized carbons (Fsp3) is 0.235. The van der Waals surface area contributed by atoms with Crippen LogP contribution in [0.3, 0.4) is 0 Å². The number of anilines is 1.